The van der Waals surface area contributed by atoms with Crippen molar-refractivity contribution in [3.05, 3.63) is 102 Å². The molecule has 0 amide bonds. The van der Waals surface area contributed by atoms with Gasteiger partial charge in [-0.25, -0.2) is 0 Å². The van der Waals surface area contributed by atoms with Crippen molar-refractivity contribution in [2.45, 2.75) is 219 Å². The number of benzene rings is 3. The zero-order valence-electron chi connectivity index (χ0n) is 42.3. The van der Waals surface area contributed by atoms with Gasteiger partial charge in [-0.1, -0.05) is 126 Å². The third-order valence-electron chi connectivity index (χ3n) is 14.5. The second-order valence-corrected chi connectivity index (χ2v) is 32.2. The molecular weight excluding hydrogens is 932 g/mol. The van der Waals surface area contributed by atoms with Crippen LogP contribution in [0, 0.1) is 17.5 Å². The average Bonchev–Trinajstić information content (AvgIpc) is 3.66. The first kappa shape index (κ1) is 53.7. The van der Waals surface area contributed by atoms with Crippen LogP contribution in [0.3, 0.4) is 0 Å². The Morgan fingerprint density at radius 1 is 0.672 bits per heavy atom. The first-order valence-electron chi connectivity index (χ1n) is 25.2. The van der Waals surface area contributed by atoms with Crippen molar-refractivity contribution in [1.82, 2.24) is 4.90 Å². The Morgan fingerprint density at radius 2 is 1.12 bits per heavy atom. The number of ether oxygens (including phenoxy) is 1. The summed E-state index contributed by atoms with van der Waals surface area (Å²) in [5.74, 6) is 1.38. The third kappa shape index (κ3) is 15.4. The van der Waals surface area contributed by atoms with E-state index in [2.05, 4.69) is 135 Å². The van der Waals surface area contributed by atoms with Gasteiger partial charge in [0.1, 0.15) is 5.75 Å². The molecule has 0 bridgehead atoms. The molecule has 7 heteroatoms. The van der Waals surface area contributed by atoms with Gasteiger partial charge in [0.05, 0.1) is 24.1 Å². The fourth-order valence-corrected chi connectivity index (χ4v) is 18.6. The van der Waals surface area contributed by atoms with Crippen LogP contribution in [0.25, 0.3) is 0 Å². The third-order valence-corrected chi connectivity index (χ3v) is 20.9. The van der Waals surface area contributed by atoms with Gasteiger partial charge < -0.3 is 14.5 Å². The molecule has 1 heterocycles. The van der Waals surface area contributed by atoms with Gasteiger partial charge >= 0.3 is 73.4 Å². The zero-order valence-corrected chi connectivity index (χ0v) is 46.5. The van der Waals surface area contributed by atoms with Gasteiger partial charge in [0, 0.05) is 31.3 Å². The van der Waals surface area contributed by atoms with Crippen molar-refractivity contribution < 1.29 is 18.3 Å². The predicted octanol–water partition coefficient (Wildman–Crippen LogP) is 17.3. The van der Waals surface area contributed by atoms with Crippen molar-refractivity contribution in [3.8, 4) is 5.75 Å². The first-order valence-corrected chi connectivity index (χ1v) is 32.4. The summed E-state index contributed by atoms with van der Waals surface area (Å²) in [7, 11) is 13.1. The molecule has 0 unspecified atom stereocenters. The van der Waals surface area contributed by atoms with Gasteiger partial charge in [-0.05, 0) is 129 Å². The fourth-order valence-electron chi connectivity index (χ4n) is 11.6. The molecule has 3 aliphatic carbocycles. The number of hydrogen-bond donors (Lipinski definition) is 0. The Morgan fingerprint density at radius 3 is 1.52 bits per heavy atom. The molecule has 2 atom stereocenters. The van der Waals surface area contributed by atoms with E-state index >= 15 is 0 Å². The molecule has 64 heavy (non-hydrogen) atoms. The van der Waals surface area contributed by atoms with E-state index in [0.29, 0.717) is 18.0 Å². The molecule has 7 rings (SSSR count). The van der Waals surface area contributed by atoms with Crippen LogP contribution in [0.15, 0.2) is 72.8 Å². The van der Waals surface area contributed by atoms with Gasteiger partial charge in [-0.15, -0.1) is 0 Å². The van der Waals surface area contributed by atoms with E-state index in [4.69, 9.17) is 24.1 Å². The first-order chi connectivity index (χ1) is 30.3. The maximum atomic E-state index is 5.91. The topological polar surface area (TPSA) is 15.7 Å². The van der Waals surface area contributed by atoms with Crippen molar-refractivity contribution in [3.63, 3.8) is 0 Å². The summed E-state index contributed by atoms with van der Waals surface area (Å²) < 4.78 is 7.83. The summed E-state index contributed by atoms with van der Waals surface area (Å²) >= 11 is -1.61. The molecule has 360 valence electrons. The van der Waals surface area contributed by atoms with Crippen LogP contribution in [0.4, 0.5) is 5.69 Å². The number of anilines is 1. The Balaban J connectivity index is 0.000000218. The van der Waals surface area contributed by atoms with Gasteiger partial charge in [0.2, 0.25) is 0 Å². The van der Waals surface area contributed by atoms with Crippen molar-refractivity contribution in [2.75, 3.05) is 12.0 Å². The molecule has 0 spiro atoms. The Bertz CT molecular complexity index is 1800. The van der Waals surface area contributed by atoms with Crippen LogP contribution < -0.4 is 9.64 Å². The molecule has 3 nitrogen and oxygen atoms in total. The standard InChI is InChI=1S/C32H49N2O.C18H33P.C7H6.2ClH.Ru/c1-22(2)24-18-27(35-12)25(30(3,4)5)19-26(24)34-21-33(20-23-16-14-13-15-17-23)28(31(6,7)8)29(34)32(9,10)11;1-4-10-16(11-5-1)19(17-12-6-2-7-13-17)18-14-8-3-9-15-18;1-7-5-3-2-4-6-7;;;/h13-19,21-22,28-29H,20H2,1-12H3;16-18H,1-15H2;1-6H;2*1H;/q-1;;;;;+2/p-1/t28-,29-;;;;;/m0...../s1. The van der Waals surface area contributed by atoms with E-state index in [0.717, 1.165) is 17.9 Å². The van der Waals surface area contributed by atoms with Crippen molar-refractivity contribution >= 4 is 37.6 Å². The minimum absolute atomic E-state index is 0.0142. The number of methoxy groups -OCH3 is 1. The number of rotatable bonds is 9. The Hall–Kier alpha value is -1.28. The molecule has 3 aromatic carbocycles. The molecule has 1 saturated heterocycles. The van der Waals surface area contributed by atoms with Crippen molar-refractivity contribution in [2.24, 2.45) is 10.8 Å². The molecule has 0 aromatic heterocycles. The summed E-state index contributed by atoms with van der Waals surface area (Å²) in [5, 5.41) is 0. The number of halogens is 2. The molecule has 3 saturated carbocycles. The van der Waals surface area contributed by atoms with E-state index in [-0.39, 0.29) is 24.2 Å². The Labute approximate surface area is 407 Å². The van der Waals surface area contributed by atoms with Crippen molar-refractivity contribution in [1.29, 1.82) is 0 Å². The van der Waals surface area contributed by atoms with Gasteiger partial charge in [0.15, 0.2) is 0 Å². The van der Waals surface area contributed by atoms with Crippen LogP contribution in [-0.4, -0.2) is 45.7 Å². The maximum absolute atomic E-state index is 5.91. The second-order valence-electron chi connectivity index (χ2n) is 23.0. The second kappa shape index (κ2) is 24.8. The number of nitrogens with zero attached hydrogens (tertiary/aromatic N) is 2. The average molecular weight is 1020 g/mol. The zero-order chi connectivity index (χ0) is 46.7. The van der Waals surface area contributed by atoms with E-state index in [1.54, 1.807) is 103 Å². The van der Waals surface area contributed by atoms with Crippen LogP contribution in [0.1, 0.15) is 201 Å². The molecule has 0 radical (unpaired) electrons. The molecule has 0 N–H and O–H groups in total. The van der Waals surface area contributed by atoms with Gasteiger partial charge in [0.25, 0.3) is 0 Å². The van der Waals surface area contributed by atoms with Crippen LogP contribution in [-0.2, 0) is 25.5 Å². The monoisotopic (exact) mass is 1020 g/mol. The normalized spacial score (nSPS) is 21.2. The number of hydrogen-bond acceptors (Lipinski definition) is 3. The molecule has 1 aliphatic heterocycles. The van der Waals surface area contributed by atoms with E-state index in [1.807, 2.05) is 34.9 Å². The van der Waals surface area contributed by atoms with E-state index < -0.39 is 13.5 Å². The van der Waals surface area contributed by atoms with E-state index in [1.165, 1.54) is 39.4 Å². The van der Waals surface area contributed by atoms with Crippen LogP contribution >= 0.6 is 27.3 Å². The van der Waals surface area contributed by atoms with Crippen LogP contribution in [0.2, 0.25) is 0 Å². The summed E-state index contributed by atoms with van der Waals surface area (Å²) in [6.07, 6.45) is 23.8. The quantitative estimate of drug-likeness (QED) is 0.121. The minimum atomic E-state index is -1.61. The summed E-state index contributed by atoms with van der Waals surface area (Å²) in [5.41, 5.74) is 10.2. The molecular formula is C57H89Cl2N2OPRu. The predicted molar refractivity (Wildman–Crippen MR) is 283 cm³/mol. The molecule has 4 fully saturated rings. The SMILES string of the molecule is C1CCC([PH+](C2CCCCC2)C2CCCCC2)CC1.COc1cc(C(C)C)c(N2[CH-]N(Cc3ccccc3)[C@H](C(C)(C)C)[C@H]2C(C)(C)C)cc1C(C)(C)C.[Cl][Ru]([Cl])=[CH]c1ccccc1. The fraction of sp³-hybridized carbons (Fsp3) is 0.649. The summed E-state index contributed by atoms with van der Waals surface area (Å²) in [4.78, 5) is 5.19. The van der Waals surface area contributed by atoms with Crippen LogP contribution in [0.5, 0.6) is 5.75 Å². The van der Waals surface area contributed by atoms with Gasteiger partial charge in [-0.3, -0.25) is 0 Å². The molecule has 3 aromatic rings. The molecule has 4 aliphatic rings. The summed E-state index contributed by atoms with van der Waals surface area (Å²) in [6, 6.07) is 26.2. The van der Waals surface area contributed by atoms with E-state index in [9.17, 15) is 0 Å². The Kier molecular flexibility index (Phi) is 20.8. The summed E-state index contributed by atoms with van der Waals surface area (Å²) in [6.45, 7) is 29.1. The van der Waals surface area contributed by atoms with Gasteiger partial charge in [-0.2, -0.15) is 6.67 Å².